The van der Waals surface area contributed by atoms with E-state index in [0.29, 0.717) is 39.3 Å². The van der Waals surface area contributed by atoms with Gasteiger partial charge in [-0.2, -0.15) is 0 Å². The summed E-state index contributed by atoms with van der Waals surface area (Å²) in [7, 11) is 2.81. The predicted molar refractivity (Wildman–Crippen MR) is 114 cm³/mol. The molecule has 2 aliphatic heterocycles. The van der Waals surface area contributed by atoms with E-state index in [9.17, 15) is 9.59 Å². The second-order valence-corrected chi connectivity index (χ2v) is 7.99. The number of methoxy groups -OCH3 is 2. The molecule has 0 aliphatic carbocycles. The molecule has 3 heterocycles. The molecule has 2 fully saturated rings. The molecule has 0 amide bonds. The number of H-pyrrole nitrogens is 1. The number of aromatic nitrogens is 2. The number of rotatable bonds is 8. The van der Waals surface area contributed by atoms with Crippen LogP contribution >= 0.6 is 22.6 Å². The zero-order valence-electron chi connectivity index (χ0n) is 17.0. The van der Waals surface area contributed by atoms with Gasteiger partial charge in [-0.15, -0.1) is 0 Å². The second-order valence-electron chi connectivity index (χ2n) is 6.91. The fourth-order valence-corrected chi connectivity index (χ4v) is 3.28. The maximum Gasteiger partial charge on any atom is 0.316 e. The molecule has 10 heteroatoms. The Bertz CT molecular complexity index is 520. The monoisotopic (exact) mass is 526 g/mol. The van der Waals surface area contributed by atoms with Gasteiger partial charge in [-0.05, 0) is 30.1 Å². The third kappa shape index (κ3) is 7.83. The van der Waals surface area contributed by atoms with E-state index in [1.165, 1.54) is 14.2 Å². The molecule has 0 spiro atoms. The topological polar surface area (TPSA) is 120 Å². The molecule has 9 nitrogen and oxygen atoms in total. The Morgan fingerprint density at radius 2 is 1.59 bits per heavy atom. The van der Waals surface area contributed by atoms with Crippen LogP contribution in [-0.4, -0.2) is 78.7 Å². The van der Waals surface area contributed by atoms with Crippen LogP contribution in [0.5, 0.6) is 0 Å². The predicted octanol–water partition coefficient (Wildman–Crippen LogP) is 1.75. The van der Waals surface area contributed by atoms with Gasteiger partial charge in [0.25, 0.3) is 0 Å². The van der Waals surface area contributed by atoms with E-state index >= 15 is 0 Å². The van der Waals surface area contributed by atoms with Gasteiger partial charge in [0.05, 0.1) is 47.0 Å². The summed E-state index contributed by atoms with van der Waals surface area (Å²) in [4.78, 5) is 29.0. The molecule has 2 aliphatic rings. The maximum absolute atomic E-state index is 11.3. The number of aliphatic hydroxyl groups is 1. The largest absolute Gasteiger partial charge is 0.468 e. The van der Waals surface area contributed by atoms with Gasteiger partial charge in [0.1, 0.15) is 10.8 Å². The normalized spacial score (nSPS) is 17.8. The third-order valence-corrected chi connectivity index (χ3v) is 5.52. The molecule has 1 aromatic heterocycles. The molecule has 3 rings (SSSR count). The Labute approximate surface area is 185 Å². The smallest absolute Gasteiger partial charge is 0.316 e. The van der Waals surface area contributed by atoms with Crippen molar-refractivity contribution < 1.29 is 33.6 Å². The number of esters is 2. The first-order valence-electron chi connectivity index (χ1n) is 9.42. The van der Waals surface area contributed by atoms with E-state index < -0.39 is 5.41 Å². The molecule has 1 aromatic rings. The first kappa shape index (κ1) is 25.8. The molecule has 0 saturated carbocycles. The summed E-state index contributed by atoms with van der Waals surface area (Å²) in [5.74, 6) is -0.333. The number of carbonyl (C=O) groups is 2. The highest BCUT2D eigenvalue weighted by Crippen LogP contribution is 2.34. The lowest BCUT2D eigenvalue weighted by atomic mass is 9.81. The first-order chi connectivity index (χ1) is 14.0. The fraction of sp³-hybridized carbons (Fsp3) is 0.737. The zero-order valence-corrected chi connectivity index (χ0v) is 19.2. The van der Waals surface area contributed by atoms with Crippen molar-refractivity contribution in [2.45, 2.75) is 25.7 Å². The van der Waals surface area contributed by atoms with Crippen LogP contribution in [0.4, 0.5) is 0 Å². The molecule has 0 bridgehead atoms. The number of nitrogens with zero attached hydrogens (tertiary/aromatic N) is 1. The van der Waals surface area contributed by atoms with Crippen molar-refractivity contribution in [1.82, 2.24) is 9.97 Å². The van der Waals surface area contributed by atoms with Crippen molar-refractivity contribution in [2.75, 3.05) is 51.7 Å². The van der Waals surface area contributed by atoms with E-state index in [-0.39, 0.29) is 24.0 Å². The number of hydrogen-bond donors (Lipinski definition) is 2. The number of halogens is 1. The Hall–Kier alpha value is -1.24. The molecule has 2 saturated heterocycles. The number of alkyl halides is 1. The summed E-state index contributed by atoms with van der Waals surface area (Å²) in [6, 6.07) is 0. The van der Waals surface area contributed by atoms with Gasteiger partial charge >= 0.3 is 11.9 Å². The van der Waals surface area contributed by atoms with Crippen molar-refractivity contribution in [3.05, 3.63) is 18.7 Å². The van der Waals surface area contributed by atoms with Gasteiger partial charge in [0.15, 0.2) is 0 Å². The van der Waals surface area contributed by atoms with E-state index in [1.807, 2.05) is 0 Å². The zero-order chi connectivity index (χ0) is 21.6. The minimum absolute atomic E-state index is 0.110. The molecular weight excluding hydrogens is 495 g/mol. The summed E-state index contributed by atoms with van der Waals surface area (Å²) in [5, 5.41) is 8.61. The average Bonchev–Trinajstić information content (AvgIpc) is 3.26. The van der Waals surface area contributed by atoms with Gasteiger partial charge in [-0.3, -0.25) is 9.59 Å². The number of ether oxygens (including phenoxy) is 4. The van der Waals surface area contributed by atoms with Gasteiger partial charge in [-0.25, -0.2) is 4.98 Å². The minimum atomic E-state index is -0.461. The fourth-order valence-electron chi connectivity index (χ4n) is 2.90. The first-order valence-corrected chi connectivity index (χ1v) is 10.9. The molecular formula is C19H31IN2O7. The van der Waals surface area contributed by atoms with Gasteiger partial charge in [-0.1, -0.05) is 22.6 Å². The lowest BCUT2D eigenvalue weighted by Gasteiger charge is -2.38. The summed E-state index contributed by atoms with van der Waals surface area (Å²) in [6.45, 7) is 2.05. The van der Waals surface area contributed by atoms with Crippen LogP contribution in [0.1, 0.15) is 25.7 Å². The highest BCUT2D eigenvalue weighted by atomic mass is 127. The second kappa shape index (κ2) is 13.9. The number of aromatic amines is 1. The summed E-state index contributed by atoms with van der Waals surface area (Å²) >= 11 is 2.31. The molecule has 2 N–H and O–H groups in total. The number of nitrogens with one attached hydrogen (secondary N) is 1. The van der Waals surface area contributed by atoms with E-state index in [2.05, 4.69) is 37.3 Å². The van der Waals surface area contributed by atoms with Crippen molar-refractivity contribution in [1.29, 1.82) is 0 Å². The number of hydrogen-bond acceptors (Lipinski definition) is 8. The Kier molecular flexibility index (Phi) is 12.4. The summed E-state index contributed by atoms with van der Waals surface area (Å²) in [5.41, 5.74) is -0.766. The minimum Gasteiger partial charge on any atom is -0.468 e. The molecule has 0 radical (unpaired) electrons. The number of aliphatic hydroxyl groups excluding tert-OH is 1. The number of imidazole rings is 1. The van der Waals surface area contributed by atoms with Crippen LogP contribution in [0.25, 0.3) is 0 Å². The highest BCUT2D eigenvalue weighted by Gasteiger charge is 2.47. The van der Waals surface area contributed by atoms with Crippen LogP contribution in [0, 0.1) is 10.8 Å². The Morgan fingerprint density at radius 3 is 1.83 bits per heavy atom. The van der Waals surface area contributed by atoms with Crippen LogP contribution < -0.4 is 0 Å². The average molecular weight is 526 g/mol. The van der Waals surface area contributed by atoms with Crippen molar-refractivity contribution >= 4 is 34.5 Å². The van der Waals surface area contributed by atoms with Crippen molar-refractivity contribution in [3.8, 4) is 0 Å². The lowest BCUT2D eigenvalue weighted by molar-refractivity contribution is -0.185. The lowest BCUT2D eigenvalue weighted by Crippen LogP contribution is -2.49. The third-order valence-electron chi connectivity index (χ3n) is 4.76. The molecule has 0 atom stereocenters. The Morgan fingerprint density at radius 1 is 1.07 bits per heavy atom. The van der Waals surface area contributed by atoms with E-state index in [1.54, 1.807) is 18.7 Å². The van der Waals surface area contributed by atoms with Gasteiger partial charge in [0, 0.05) is 19.0 Å². The quantitative estimate of drug-likeness (QED) is 0.299. The van der Waals surface area contributed by atoms with Crippen LogP contribution in [0.2, 0.25) is 0 Å². The highest BCUT2D eigenvalue weighted by molar-refractivity contribution is 14.1. The van der Waals surface area contributed by atoms with E-state index in [4.69, 9.17) is 19.3 Å². The number of carbonyl (C=O) groups excluding carboxylic acids is 2. The van der Waals surface area contributed by atoms with Crippen LogP contribution in [0.3, 0.4) is 0 Å². The van der Waals surface area contributed by atoms with Gasteiger partial charge < -0.3 is 29.0 Å². The summed E-state index contributed by atoms with van der Waals surface area (Å²) < 4.78 is 20.5. The van der Waals surface area contributed by atoms with Gasteiger partial charge in [0.2, 0.25) is 0 Å². The van der Waals surface area contributed by atoms with Crippen LogP contribution in [0.15, 0.2) is 18.7 Å². The van der Waals surface area contributed by atoms with Crippen LogP contribution in [-0.2, 0) is 28.5 Å². The molecule has 166 valence electrons. The SMILES string of the molecule is COC(=O)C1(CCCI)COC1.COC(=O)C1(CCCO)COC1.c1c[nH]cn1. The van der Waals surface area contributed by atoms with Crippen molar-refractivity contribution in [2.24, 2.45) is 10.8 Å². The Balaban J connectivity index is 0.000000235. The molecule has 0 unspecified atom stereocenters. The maximum atomic E-state index is 11.3. The standard InChI is InChI=1S/C8H13IO3.C8H14O4.C3H4N2/c2*1-11-7(10)8(3-2-4-9)5-12-6-8;1-2-5-3-4-1/h2-6H2,1H3;9H,2-6H2,1H3;1-3H,(H,4,5). The summed E-state index contributed by atoms with van der Waals surface area (Å²) in [6.07, 6.45) is 8.30. The molecule has 0 aromatic carbocycles. The molecule has 29 heavy (non-hydrogen) atoms. The van der Waals surface area contributed by atoms with Crippen molar-refractivity contribution in [3.63, 3.8) is 0 Å². The van der Waals surface area contributed by atoms with E-state index in [0.717, 1.165) is 17.3 Å².